The molecule has 0 saturated heterocycles. The first-order valence-electron chi connectivity index (χ1n) is 5.06. The van der Waals surface area contributed by atoms with Gasteiger partial charge in [-0.15, -0.1) is 11.3 Å². The highest BCUT2D eigenvalue weighted by Crippen LogP contribution is 2.24. The zero-order chi connectivity index (χ0) is 11.5. The molecule has 0 amide bonds. The summed E-state index contributed by atoms with van der Waals surface area (Å²) in [7, 11) is 0. The molecule has 84 valence electrons. The van der Waals surface area contributed by atoms with Gasteiger partial charge >= 0.3 is 0 Å². The third-order valence-corrected chi connectivity index (χ3v) is 3.58. The zero-order valence-electron chi connectivity index (χ0n) is 8.98. The maximum Gasteiger partial charge on any atom is 0.0794 e. The topological polar surface area (TPSA) is 38.9 Å². The molecule has 0 bridgehead atoms. The number of halogens is 1. The van der Waals surface area contributed by atoms with Crippen molar-refractivity contribution in [2.45, 2.75) is 19.4 Å². The molecule has 1 aromatic heterocycles. The second-order valence-electron chi connectivity index (χ2n) is 3.78. The lowest BCUT2D eigenvalue weighted by Gasteiger charge is -2.14. The smallest absolute Gasteiger partial charge is 0.0794 e. The van der Waals surface area contributed by atoms with E-state index in [0.717, 1.165) is 17.0 Å². The molecule has 2 N–H and O–H groups in total. The maximum atomic E-state index is 6.18. The van der Waals surface area contributed by atoms with Crippen LogP contribution in [0.3, 0.4) is 0 Å². The molecular weight excluding hydrogens is 240 g/mol. The molecule has 1 unspecified atom stereocenters. The summed E-state index contributed by atoms with van der Waals surface area (Å²) in [6, 6.07) is 5.83. The molecule has 2 aromatic rings. The van der Waals surface area contributed by atoms with E-state index >= 15 is 0 Å². The molecule has 2 nitrogen and oxygen atoms in total. The van der Waals surface area contributed by atoms with Gasteiger partial charge in [-0.05, 0) is 30.2 Å². The fourth-order valence-electron chi connectivity index (χ4n) is 1.68. The van der Waals surface area contributed by atoms with E-state index in [9.17, 15) is 0 Å². The molecule has 0 aliphatic rings. The number of hydrogen-bond donors (Lipinski definition) is 1. The molecule has 4 heteroatoms. The summed E-state index contributed by atoms with van der Waals surface area (Å²) in [5.74, 6) is 0. The number of rotatable bonds is 3. The molecule has 16 heavy (non-hydrogen) atoms. The molecule has 0 fully saturated rings. The Balaban J connectivity index is 2.20. The van der Waals surface area contributed by atoms with Crippen LogP contribution in [0.25, 0.3) is 0 Å². The van der Waals surface area contributed by atoms with Crippen LogP contribution in [-0.4, -0.2) is 4.98 Å². The van der Waals surface area contributed by atoms with Crippen LogP contribution in [0.4, 0.5) is 0 Å². The van der Waals surface area contributed by atoms with Crippen molar-refractivity contribution in [1.82, 2.24) is 4.98 Å². The normalized spacial score (nSPS) is 12.7. The van der Waals surface area contributed by atoms with E-state index in [4.69, 9.17) is 17.3 Å². The van der Waals surface area contributed by atoms with E-state index in [2.05, 4.69) is 11.9 Å². The van der Waals surface area contributed by atoms with Gasteiger partial charge in [0, 0.05) is 28.6 Å². The summed E-state index contributed by atoms with van der Waals surface area (Å²) in [4.78, 5) is 5.25. The van der Waals surface area contributed by atoms with Crippen LogP contribution < -0.4 is 5.73 Å². The van der Waals surface area contributed by atoms with E-state index in [0.29, 0.717) is 0 Å². The number of aryl methyl sites for hydroxylation is 1. The van der Waals surface area contributed by atoms with Gasteiger partial charge in [0.15, 0.2) is 0 Å². The van der Waals surface area contributed by atoms with Crippen LogP contribution >= 0.6 is 22.9 Å². The standard InChI is InChI=1S/C12H13ClN2S/c1-8-2-3-9(13)4-11(8)12(14)5-10-6-15-7-16-10/h2-4,6-7,12H,5,14H2,1H3. The lowest BCUT2D eigenvalue weighted by atomic mass is 9.99. The number of nitrogens with zero attached hydrogens (tertiary/aromatic N) is 1. The van der Waals surface area contributed by atoms with Crippen molar-refractivity contribution in [1.29, 1.82) is 0 Å². The Morgan fingerprint density at radius 3 is 3.00 bits per heavy atom. The van der Waals surface area contributed by atoms with Crippen LogP contribution in [0.5, 0.6) is 0 Å². The number of benzene rings is 1. The fourth-order valence-corrected chi connectivity index (χ4v) is 2.52. The van der Waals surface area contributed by atoms with E-state index in [1.54, 1.807) is 11.3 Å². The summed E-state index contributed by atoms with van der Waals surface area (Å²) < 4.78 is 0. The largest absolute Gasteiger partial charge is 0.324 e. The predicted molar refractivity (Wildman–Crippen MR) is 68.9 cm³/mol. The van der Waals surface area contributed by atoms with Gasteiger partial charge in [0.2, 0.25) is 0 Å². The highest BCUT2D eigenvalue weighted by molar-refractivity contribution is 7.09. The van der Waals surface area contributed by atoms with Crippen molar-refractivity contribution in [2.24, 2.45) is 5.73 Å². The third kappa shape index (κ3) is 2.61. The summed E-state index contributed by atoms with van der Waals surface area (Å²) in [6.45, 7) is 2.05. The molecule has 1 aromatic carbocycles. The Morgan fingerprint density at radius 1 is 1.50 bits per heavy atom. The monoisotopic (exact) mass is 252 g/mol. The predicted octanol–water partition coefficient (Wildman–Crippen LogP) is 3.35. The highest BCUT2D eigenvalue weighted by Gasteiger charge is 2.11. The van der Waals surface area contributed by atoms with Gasteiger partial charge in [-0.25, -0.2) is 0 Å². The van der Waals surface area contributed by atoms with Gasteiger partial charge in [-0.3, -0.25) is 4.98 Å². The Hall–Kier alpha value is -0.900. The molecule has 0 spiro atoms. The van der Waals surface area contributed by atoms with Crippen LogP contribution in [0.15, 0.2) is 29.9 Å². The van der Waals surface area contributed by atoms with Crippen LogP contribution in [0.2, 0.25) is 5.02 Å². The minimum absolute atomic E-state index is 0.0147. The van der Waals surface area contributed by atoms with Gasteiger partial charge in [0.1, 0.15) is 0 Å². The van der Waals surface area contributed by atoms with Gasteiger partial charge in [0.25, 0.3) is 0 Å². The van der Waals surface area contributed by atoms with E-state index in [1.807, 2.05) is 29.9 Å². The Morgan fingerprint density at radius 2 is 2.31 bits per heavy atom. The van der Waals surface area contributed by atoms with Gasteiger partial charge in [-0.2, -0.15) is 0 Å². The average Bonchev–Trinajstić information content (AvgIpc) is 2.74. The first-order chi connectivity index (χ1) is 7.66. The van der Waals surface area contributed by atoms with Crippen molar-refractivity contribution in [3.05, 3.63) is 50.9 Å². The van der Waals surface area contributed by atoms with Crippen LogP contribution in [0.1, 0.15) is 22.0 Å². The molecule has 1 atom stereocenters. The molecule has 0 aliphatic heterocycles. The molecule has 0 radical (unpaired) electrons. The lowest BCUT2D eigenvalue weighted by Crippen LogP contribution is -2.14. The van der Waals surface area contributed by atoms with Crippen molar-refractivity contribution in [3.63, 3.8) is 0 Å². The second kappa shape index (κ2) is 4.95. The molecule has 0 aliphatic carbocycles. The van der Waals surface area contributed by atoms with Crippen LogP contribution in [-0.2, 0) is 6.42 Å². The maximum absolute atomic E-state index is 6.18. The quantitative estimate of drug-likeness (QED) is 0.910. The van der Waals surface area contributed by atoms with Crippen molar-refractivity contribution < 1.29 is 0 Å². The minimum Gasteiger partial charge on any atom is -0.324 e. The van der Waals surface area contributed by atoms with Crippen molar-refractivity contribution >= 4 is 22.9 Å². The third-order valence-electron chi connectivity index (χ3n) is 2.55. The summed E-state index contributed by atoms with van der Waals surface area (Å²) in [5.41, 5.74) is 10.3. The summed E-state index contributed by atoms with van der Waals surface area (Å²) >= 11 is 7.61. The Kier molecular flexibility index (Phi) is 3.59. The number of thiazole rings is 1. The zero-order valence-corrected chi connectivity index (χ0v) is 10.6. The van der Waals surface area contributed by atoms with E-state index in [1.165, 1.54) is 10.4 Å². The Labute approximate surface area is 104 Å². The SMILES string of the molecule is Cc1ccc(Cl)cc1C(N)Cc1cncs1. The van der Waals surface area contributed by atoms with Crippen molar-refractivity contribution in [2.75, 3.05) is 0 Å². The van der Waals surface area contributed by atoms with Crippen LogP contribution in [0, 0.1) is 6.92 Å². The number of hydrogen-bond acceptors (Lipinski definition) is 3. The average molecular weight is 253 g/mol. The molecular formula is C12H13ClN2S. The van der Waals surface area contributed by atoms with E-state index in [-0.39, 0.29) is 6.04 Å². The molecule has 1 heterocycles. The van der Waals surface area contributed by atoms with Crippen molar-refractivity contribution in [3.8, 4) is 0 Å². The van der Waals surface area contributed by atoms with Gasteiger partial charge in [0.05, 0.1) is 5.51 Å². The first-order valence-corrected chi connectivity index (χ1v) is 6.31. The molecule has 2 rings (SSSR count). The Bertz CT molecular complexity index is 468. The highest BCUT2D eigenvalue weighted by atomic mass is 35.5. The van der Waals surface area contributed by atoms with E-state index < -0.39 is 0 Å². The summed E-state index contributed by atoms with van der Waals surface area (Å²) in [5, 5.41) is 0.736. The number of nitrogens with two attached hydrogens (primary N) is 1. The second-order valence-corrected chi connectivity index (χ2v) is 5.19. The fraction of sp³-hybridized carbons (Fsp3) is 0.250. The van der Waals surface area contributed by atoms with Gasteiger partial charge in [-0.1, -0.05) is 17.7 Å². The first kappa shape index (κ1) is 11.6. The van der Waals surface area contributed by atoms with Gasteiger partial charge < -0.3 is 5.73 Å². The lowest BCUT2D eigenvalue weighted by molar-refractivity contribution is 0.723. The molecule has 0 saturated carbocycles. The summed E-state index contributed by atoms with van der Waals surface area (Å²) in [6.07, 6.45) is 2.68. The number of aromatic nitrogens is 1. The minimum atomic E-state index is -0.0147.